The zero-order chi connectivity index (χ0) is 14.9. The van der Waals surface area contributed by atoms with Gasteiger partial charge in [0, 0.05) is 38.0 Å². The molecule has 0 spiro atoms. The van der Waals surface area contributed by atoms with Crippen LogP contribution < -0.4 is 4.90 Å². The van der Waals surface area contributed by atoms with Gasteiger partial charge in [-0.3, -0.25) is 4.79 Å². The molecule has 1 amide bonds. The van der Waals surface area contributed by atoms with Crippen LogP contribution in [-0.2, 0) is 4.79 Å². The van der Waals surface area contributed by atoms with Gasteiger partial charge >= 0.3 is 0 Å². The van der Waals surface area contributed by atoms with Crippen LogP contribution in [0.1, 0.15) is 37.3 Å². The maximum atomic E-state index is 12.4. The first kappa shape index (κ1) is 13.7. The monoisotopic (exact) mass is 298 g/mol. The summed E-state index contributed by atoms with van der Waals surface area (Å²) in [5.74, 6) is 2.10. The van der Waals surface area contributed by atoms with Gasteiger partial charge in [0.05, 0.1) is 5.69 Å². The average Bonchev–Trinajstić information content (AvgIpc) is 3.29. The molecule has 2 aliphatic carbocycles. The number of anilines is 1. The molecule has 0 aromatic carbocycles. The Morgan fingerprint density at radius 2 is 1.73 bits per heavy atom. The van der Waals surface area contributed by atoms with Gasteiger partial charge in [0.2, 0.25) is 5.91 Å². The number of hydrogen-bond donors (Lipinski definition) is 0. The highest BCUT2D eigenvalue weighted by molar-refractivity contribution is 5.80. The van der Waals surface area contributed by atoms with Crippen molar-refractivity contribution in [3.63, 3.8) is 0 Å². The Labute approximate surface area is 131 Å². The minimum atomic E-state index is 0.184. The van der Waals surface area contributed by atoms with Gasteiger partial charge in [-0.2, -0.15) is 5.10 Å². The van der Waals surface area contributed by atoms with E-state index in [4.69, 9.17) is 0 Å². The third kappa shape index (κ3) is 2.72. The zero-order valence-corrected chi connectivity index (χ0v) is 12.8. The molecule has 1 aromatic rings. The molecule has 0 radical (unpaired) electrons. The number of aromatic nitrogens is 2. The van der Waals surface area contributed by atoms with Crippen molar-refractivity contribution in [3.05, 3.63) is 30.0 Å². The van der Waals surface area contributed by atoms with Gasteiger partial charge in [0.1, 0.15) is 0 Å². The molecule has 1 saturated heterocycles. The Bertz CT molecular complexity index is 563. The topological polar surface area (TPSA) is 49.3 Å². The van der Waals surface area contributed by atoms with Crippen LogP contribution in [0.3, 0.4) is 0 Å². The first-order valence-corrected chi connectivity index (χ1v) is 8.33. The second-order valence-corrected chi connectivity index (χ2v) is 6.54. The smallest absolute Gasteiger partial charge is 0.226 e. The molecule has 3 aliphatic rings. The Kier molecular flexibility index (Phi) is 3.56. The van der Waals surface area contributed by atoms with E-state index < -0.39 is 0 Å². The molecular formula is C17H22N4O. The number of amides is 1. The second kappa shape index (κ2) is 5.71. The number of nitrogens with zero attached hydrogens (tertiary/aromatic N) is 4. The van der Waals surface area contributed by atoms with E-state index in [1.807, 2.05) is 4.90 Å². The minimum Gasteiger partial charge on any atom is -0.352 e. The minimum absolute atomic E-state index is 0.184. The van der Waals surface area contributed by atoms with Gasteiger partial charge in [-0.1, -0.05) is 12.2 Å². The molecular weight excluding hydrogens is 276 g/mol. The Morgan fingerprint density at radius 1 is 1.00 bits per heavy atom. The van der Waals surface area contributed by atoms with Crippen molar-refractivity contribution in [3.8, 4) is 0 Å². The SMILES string of the molecule is O=C(C1CC=CC1)N1CCN(c2ccc(C3CC3)nn2)CC1. The summed E-state index contributed by atoms with van der Waals surface area (Å²) in [7, 11) is 0. The van der Waals surface area contributed by atoms with Crippen LogP contribution in [0, 0.1) is 5.92 Å². The normalized spacial score (nSPS) is 22.4. The van der Waals surface area contributed by atoms with Gasteiger partial charge in [-0.15, -0.1) is 5.10 Å². The molecule has 1 saturated carbocycles. The van der Waals surface area contributed by atoms with Crippen LogP contribution in [0.5, 0.6) is 0 Å². The van der Waals surface area contributed by atoms with Crippen molar-refractivity contribution in [2.24, 2.45) is 5.92 Å². The van der Waals surface area contributed by atoms with Crippen molar-refractivity contribution < 1.29 is 4.79 Å². The third-order valence-corrected chi connectivity index (χ3v) is 4.94. The van der Waals surface area contributed by atoms with E-state index in [1.54, 1.807) is 0 Å². The van der Waals surface area contributed by atoms with Gasteiger partial charge in [-0.05, 0) is 37.8 Å². The quantitative estimate of drug-likeness (QED) is 0.801. The number of hydrogen-bond acceptors (Lipinski definition) is 4. The molecule has 5 heteroatoms. The van der Waals surface area contributed by atoms with Crippen LogP contribution in [0.2, 0.25) is 0 Å². The molecule has 116 valence electrons. The lowest BCUT2D eigenvalue weighted by Gasteiger charge is -2.36. The predicted molar refractivity (Wildman–Crippen MR) is 84.7 cm³/mol. The van der Waals surface area contributed by atoms with Gasteiger partial charge < -0.3 is 9.80 Å². The van der Waals surface area contributed by atoms with Gasteiger partial charge in [-0.25, -0.2) is 0 Å². The highest BCUT2D eigenvalue weighted by atomic mass is 16.2. The number of allylic oxidation sites excluding steroid dienone is 2. The van der Waals surface area contributed by atoms with Crippen molar-refractivity contribution in [2.45, 2.75) is 31.6 Å². The summed E-state index contributed by atoms with van der Waals surface area (Å²) >= 11 is 0. The van der Waals surface area contributed by atoms with E-state index in [1.165, 1.54) is 12.8 Å². The fraction of sp³-hybridized carbons (Fsp3) is 0.588. The van der Waals surface area contributed by atoms with Crippen molar-refractivity contribution in [1.29, 1.82) is 0 Å². The molecule has 0 bridgehead atoms. The lowest BCUT2D eigenvalue weighted by atomic mass is 10.1. The van der Waals surface area contributed by atoms with Crippen LogP contribution in [0.15, 0.2) is 24.3 Å². The number of rotatable bonds is 3. The molecule has 22 heavy (non-hydrogen) atoms. The van der Waals surface area contributed by atoms with Gasteiger partial charge in [0.15, 0.2) is 5.82 Å². The van der Waals surface area contributed by atoms with Crippen LogP contribution in [0.4, 0.5) is 5.82 Å². The zero-order valence-electron chi connectivity index (χ0n) is 12.8. The second-order valence-electron chi connectivity index (χ2n) is 6.54. The Morgan fingerprint density at radius 3 is 2.32 bits per heavy atom. The maximum Gasteiger partial charge on any atom is 0.226 e. The summed E-state index contributed by atoms with van der Waals surface area (Å²) in [6.45, 7) is 3.29. The number of carbonyl (C=O) groups is 1. The molecule has 4 rings (SSSR count). The average molecular weight is 298 g/mol. The van der Waals surface area contributed by atoms with Crippen molar-refractivity contribution >= 4 is 11.7 Å². The molecule has 0 atom stereocenters. The van der Waals surface area contributed by atoms with Crippen molar-refractivity contribution in [2.75, 3.05) is 31.1 Å². The third-order valence-electron chi connectivity index (χ3n) is 4.94. The molecule has 2 heterocycles. The van der Waals surface area contributed by atoms with Gasteiger partial charge in [0.25, 0.3) is 0 Å². The summed E-state index contributed by atoms with van der Waals surface area (Å²) in [6, 6.07) is 4.20. The fourth-order valence-electron chi connectivity index (χ4n) is 3.33. The molecule has 1 aromatic heterocycles. The summed E-state index contributed by atoms with van der Waals surface area (Å²) in [5, 5.41) is 8.73. The first-order valence-electron chi connectivity index (χ1n) is 8.33. The van der Waals surface area contributed by atoms with Crippen molar-refractivity contribution in [1.82, 2.24) is 15.1 Å². The molecule has 5 nitrogen and oxygen atoms in total. The van der Waals surface area contributed by atoms with Crippen LogP contribution in [-0.4, -0.2) is 47.2 Å². The van der Waals surface area contributed by atoms with E-state index in [0.29, 0.717) is 11.8 Å². The summed E-state index contributed by atoms with van der Waals surface area (Å²) in [6.07, 6.45) is 8.57. The summed E-state index contributed by atoms with van der Waals surface area (Å²) < 4.78 is 0. The van der Waals surface area contributed by atoms with E-state index in [9.17, 15) is 4.79 Å². The lowest BCUT2D eigenvalue weighted by Crippen LogP contribution is -2.50. The number of carbonyl (C=O) groups excluding carboxylic acids is 1. The van der Waals surface area contributed by atoms with E-state index in [-0.39, 0.29) is 5.92 Å². The predicted octanol–water partition coefficient (Wildman–Crippen LogP) is 1.97. The Hall–Kier alpha value is -1.91. The fourth-order valence-corrected chi connectivity index (χ4v) is 3.33. The Balaban J connectivity index is 1.33. The molecule has 0 unspecified atom stereocenters. The summed E-state index contributed by atoms with van der Waals surface area (Å²) in [5.41, 5.74) is 1.13. The first-order chi connectivity index (χ1) is 10.8. The molecule has 1 aliphatic heterocycles. The molecule has 2 fully saturated rings. The van der Waals surface area contributed by atoms with E-state index in [0.717, 1.165) is 50.5 Å². The largest absolute Gasteiger partial charge is 0.352 e. The highest BCUT2D eigenvalue weighted by Crippen LogP contribution is 2.38. The van der Waals surface area contributed by atoms with Crippen LogP contribution >= 0.6 is 0 Å². The maximum absolute atomic E-state index is 12.4. The lowest BCUT2D eigenvalue weighted by molar-refractivity contribution is -0.135. The standard InChI is InChI=1S/C17H22N4O/c22-17(14-3-1-2-4-14)21-11-9-20(10-12-21)16-8-7-15(18-19-16)13-5-6-13/h1-2,7-8,13-14H,3-6,9-12H2. The highest BCUT2D eigenvalue weighted by Gasteiger charge is 2.29. The van der Waals surface area contributed by atoms with E-state index >= 15 is 0 Å². The van der Waals surface area contributed by atoms with Crippen LogP contribution in [0.25, 0.3) is 0 Å². The molecule has 0 N–H and O–H groups in total. The van der Waals surface area contributed by atoms with E-state index in [2.05, 4.69) is 39.4 Å². The summed E-state index contributed by atoms with van der Waals surface area (Å²) in [4.78, 5) is 16.7. The number of piperazine rings is 1.